The van der Waals surface area contributed by atoms with Gasteiger partial charge in [0.05, 0.1) is 12.7 Å². The molecule has 1 aliphatic rings. The number of hydrogen-bond acceptors (Lipinski definition) is 10. The summed E-state index contributed by atoms with van der Waals surface area (Å²) < 4.78 is 95.2. The number of carbonyl (C=O) groups is 1. The number of carbonyl (C=O) groups excluding carboxylic acids is 1. The molecule has 0 spiro atoms. The van der Waals surface area contributed by atoms with Gasteiger partial charge in [0, 0.05) is 11.6 Å². The summed E-state index contributed by atoms with van der Waals surface area (Å²) in [7, 11) is -4.99. The van der Waals surface area contributed by atoms with Crippen molar-refractivity contribution >= 4 is 30.3 Å². The molecule has 1 fully saturated rings. The summed E-state index contributed by atoms with van der Waals surface area (Å²) in [6, 6.07) is 10.8. The van der Waals surface area contributed by atoms with Crippen LogP contribution >= 0.6 is 7.75 Å². The van der Waals surface area contributed by atoms with Gasteiger partial charge in [0.15, 0.2) is 12.3 Å². The Bertz CT molecular complexity index is 1590. The van der Waals surface area contributed by atoms with E-state index in [1.807, 2.05) is 0 Å². The van der Waals surface area contributed by atoms with Gasteiger partial charge in [0.25, 0.3) is 6.43 Å². The molecule has 1 aromatic heterocycles. The van der Waals surface area contributed by atoms with Gasteiger partial charge in [0.1, 0.15) is 17.6 Å². The van der Waals surface area contributed by atoms with Crippen molar-refractivity contribution in [2.45, 2.75) is 63.2 Å². The number of anilines is 1. The molecule has 5 unspecified atom stereocenters. The van der Waals surface area contributed by atoms with Crippen LogP contribution in [-0.4, -0.2) is 63.4 Å². The average molecular weight is 633 g/mol. The largest absolute Gasteiger partial charge is 0.462 e. The van der Waals surface area contributed by atoms with Crippen molar-refractivity contribution in [1.82, 2.24) is 14.6 Å². The van der Waals surface area contributed by atoms with Crippen LogP contribution in [0.3, 0.4) is 0 Å². The van der Waals surface area contributed by atoms with Gasteiger partial charge in [-0.2, -0.15) is 18.9 Å². The fourth-order valence-corrected chi connectivity index (χ4v) is 5.85. The van der Waals surface area contributed by atoms with Crippen molar-refractivity contribution in [3.63, 3.8) is 0 Å². The molecule has 2 heterocycles. The number of fused-ring (bicyclic) bond motifs is 1. The summed E-state index contributed by atoms with van der Waals surface area (Å²) in [5.41, 5.74) is 0.182. The topological polar surface area (TPSA) is 164 Å². The predicted octanol–water partition coefficient (Wildman–Crippen LogP) is 3.64. The minimum absolute atomic E-state index is 0.0963. The molecule has 0 aliphatic carbocycles. The number of nitrogens with one attached hydrogen (secondary N) is 1. The Morgan fingerprint density at radius 1 is 1.19 bits per heavy atom. The van der Waals surface area contributed by atoms with Crippen LogP contribution in [0.5, 0.6) is 5.75 Å². The van der Waals surface area contributed by atoms with Crippen molar-refractivity contribution in [3.05, 3.63) is 65.2 Å². The highest BCUT2D eigenvalue weighted by molar-refractivity contribution is 7.52. The van der Waals surface area contributed by atoms with E-state index < -0.39 is 68.4 Å². The van der Waals surface area contributed by atoms with Crippen molar-refractivity contribution in [2.75, 3.05) is 12.3 Å². The number of alkyl halides is 4. The molecule has 1 aliphatic heterocycles. The van der Waals surface area contributed by atoms with Gasteiger partial charge < -0.3 is 24.8 Å². The van der Waals surface area contributed by atoms with Crippen LogP contribution in [0.1, 0.15) is 27.0 Å². The maximum absolute atomic E-state index is 15.5. The van der Waals surface area contributed by atoms with E-state index in [-0.39, 0.29) is 11.6 Å². The Labute approximate surface area is 242 Å². The van der Waals surface area contributed by atoms with Crippen LogP contribution < -0.4 is 21.0 Å². The van der Waals surface area contributed by atoms with E-state index in [4.69, 9.17) is 24.3 Å². The summed E-state index contributed by atoms with van der Waals surface area (Å²) in [4.78, 5) is 28.1. The monoisotopic (exact) mass is 632 g/mol. The summed E-state index contributed by atoms with van der Waals surface area (Å²) in [6.45, 7) is 2.46. The molecule has 2 aromatic carbocycles. The van der Waals surface area contributed by atoms with E-state index in [0.717, 1.165) is 12.3 Å². The lowest BCUT2D eigenvalue weighted by atomic mass is 9.95. The van der Waals surface area contributed by atoms with Gasteiger partial charge in [-0.15, -0.1) is 0 Å². The summed E-state index contributed by atoms with van der Waals surface area (Å²) >= 11 is 0. The molecular weight excluding hydrogens is 603 g/mol. The number of halogens is 4. The Morgan fingerprint density at radius 2 is 1.86 bits per heavy atom. The van der Waals surface area contributed by atoms with E-state index in [2.05, 4.69) is 10.1 Å². The first-order valence-electron chi connectivity index (χ1n) is 12.9. The van der Waals surface area contributed by atoms with E-state index in [1.165, 1.54) is 19.1 Å². The van der Waals surface area contributed by atoms with Crippen molar-refractivity contribution in [2.24, 2.45) is 0 Å². The van der Waals surface area contributed by atoms with Crippen LogP contribution in [0.2, 0.25) is 0 Å². The van der Waals surface area contributed by atoms with Gasteiger partial charge in [-0.05, 0) is 38.3 Å². The average Bonchev–Trinajstić information content (AvgIpc) is 3.13. The number of nitrogens with zero attached hydrogens (tertiary/aromatic N) is 2. The second kappa shape index (κ2) is 12.2. The summed E-state index contributed by atoms with van der Waals surface area (Å²) in [6.07, 6.45) is -9.18. The van der Waals surface area contributed by atoms with Crippen LogP contribution in [0.25, 0.3) is 10.8 Å². The molecule has 0 saturated carbocycles. The van der Waals surface area contributed by atoms with Crippen LogP contribution in [0.15, 0.2) is 59.5 Å². The number of esters is 1. The molecule has 234 valence electrons. The number of nitrogen functional groups attached to an aromatic ring is 1. The number of hydrogen-bond donors (Lipinski definition) is 3. The number of nitrogens with two attached hydrogens (primary N) is 1. The zero-order valence-electron chi connectivity index (χ0n) is 23.0. The first-order chi connectivity index (χ1) is 20.1. The zero-order chi connectivity index (χ0) is 31.7. The molecule has 4 rings (SSSR count). The Kier molecular flexibility index (Phi) is 9.19. The van der Waals surface area contributed by atoms with Crippen LogP contribution in [0.4, 0.5) is 23.4 Å². The van der Waals surface area contributed by atoms with Crippen molar-refractivity contribution in [1.29, 1.82) is 0 Å². The molecule has 3 aromatic rings. The predicted molar refractivity (Wildman–Crippen MR) is 145 cm³/mol. The van der Waals surface area contributed by atoms with Crippen LogP contribution in [0, 0.1) is 0 Å². The SMILES string of the molecule is CC(C)OC(=O)C(C)NP(=O)(OCC1(C(F)F)OC(n2ccc(N)nc2=O)C(O)C1(F)F)Oc1cccc2ccccc12. The first-order valence-corrected chi connectivity index (χ1v) is 14.4. The Hall–Kier alpha value is -3.56. The quantitative estimate of drug-likeness (QED) is 0.161. The third-order valence-corrected chi connectivity index (χ3v) is 8.10. The van der Waals surface area contributed by atoms with Gasteiger partial charge in [0.2, 0.25) is 5.60 Å². The minimum atomic E-state index is -4.99. The number of benzene rings is 2. The first kappa shape index (κ1) is 32.4. The summed E-state index contributed by atoms with van der Waals surface area (Å²) in [5, 5.41) is 13.6. The number of ether oxygens (including phenoxy) is 2. The highest BCUT2D eigenvalue weighted by Gasteiger charge is 2.74. The Balaban J connectivity index is 1.71. The summed E-state index contributed by atoms with van der Waals surface area (Å²) in [5.74, 6) is -6.11. The highest BCUT2D eigenvalue weighted by atomic mass is 31.2. The second-order valence-electron chi connectivity index (χ2n) is 9.98. The van der Waals surface area contributed by atoms with Crippen molar-refractivity contribution in [3.8, 4) is 5.75 Å². The smallest absolute Gasteiger partial charge is 0.459 e. The molecule has 1 saturated heterocycles. The number of rotatable bonds is 11. The molecule has 0 radical (unpaired) electrons. The molecule has 12 nitrogen and oxygen atoms in total. The molecule has 5 atom stereocenters. The third kappa shape index (κ3) is 6.38. The highest BCUT2D eigenvalue weighted by Crippen LogP contribution is 2.54. The normalized spacial score (nSPS) is 23.8. The molecule has 43 heavy (non-hydrogen) atoms. The maximum atomic E-state index is 15.5. The van der Waals surface area contributed by atoms with Gasteiger partial charge in [-0.25, -0.2) is 18.1 Å². The maximum Gasteiger partial charge on any atom is 0.459 e. The van der Waals surface area contributed by atoms with E-state index in [0.29, 0.717) is 15.3 Å². The molecule has 17 heteroatoms. The lowest BCUT2D eigenvalue weighted by Crippen LogP contribution is -2.57. The fraction of sp³-hybridized carbons (Fsp3) is 0.423. The van der Waals surface area contributed by atoms with Gasteiger partial charge >= 0.3 is 25.3 Å². The number of aromatic nitrogens is 2. The standard InChI is InChI=1S/C26H29F4N4O8P/c1-14(2)40-22(36)15(3)33-43(38,42-18-10-6-8-16-7-4-5-9-17(16)18)39-13-25(23(27)28)26(29,30)20(35)21(41-25)34-12-11-19(31)32-24(34)37/h4-12,14-15,20-21,23,35H,13H2,1-3H3,(H,33,38)(H2,31,32,37). The van der Waals surface area contributed by atoms with E-state index >= 15 is 8.78 Å². The van der Waals surface area contributed by atoms with Gasteiger partial charge in [-0.3, -0.25) is 13.9 Å². The fourth-order valence-electron chi connectivity index (χ4n) is 4.31. The number of aliphatic hydroxyl groups excluding tert-OH is 1. The van der Waals surface area contributed by atoms with Crippen molar-refractivity contribution < 1.29 is 50.5 Å². The molecule has 4 N–H and O–H groups in total. The van der Waals surface area contributed by atoms with Gasteiger partial charge in [-0.1, -0.05) is 36.4 Å². The van der Waals surface area contributed by atoms with Crippen LogP contribution in [-0.2, 0) is 23.4 Å². The van der Waals surface area contributed by atoms with E-state index in [9.17, 15) is 28.0 Å². The third-order valence-electron chi connectivity index (χ3n) is 6.49. The molecular formula is C26H29F4N4O8P. The lowest BCUT2D eigenvalue weighted by Gasteiger charge is -2.34. The minimum Gasteiger partial charge on any atom is -0.462 e. The zero-order valence-corrected chi connectivity index (χ0v) is 23.9. The lowest BCUT2D eigenvalue weighted by molar-refractivity contribution is -0.242. The molecule has 0 bridgehead atoms. The Morgan fingerprint density at radius 3 is 2.51 bits per heavy atom. The molecule has 0 amide bonds. The number of aliphatic hydroxyl groups is 1. The second-order valence-corrected chi connectivity index (χ2v) is 11.7. The van der Waals surface area contributed by atoms with E-state index in [1.54, 1.807) is 44.2 Å².